The summed E-state index contributed by atoms with van der Waals surface area (Å²) in [6.45, 7) is 3.07. The van der Waals surface area contributed by atoms with Crippen molar-refractivity contribution in [2.75, 3.05) is 30.8 Å². The Balaban J connectivity index is 1.37. The van der Waals surface area contributed by atoms with Crippen LogP contribution in [0, 0.1) is 0 Å². The van der Waals surface area contributed by atoms with E-state index in [1.165, 1.54) is 68.6 Å². The van der Waals surface area contributed by atoms with Gasteiger partial charge >= 0.3 is 0 Å². The zero-order valence-corrected chi connectivity index (χ0v) is 17.6. The molecule has 3 rings (SSSR count). The fraction of sp³-hybridized carbons (Fsp3) is 0.667. The molecule has 144 valence electrons. The van der Waals surface area contributed by atoms with Gasteiger partial charge in [0.05, 0.1) is 0 Å². The second kappa shape index (κ2) is 10.5. The second-order valence-corrected chi connectivity index (χ2v) is 10.3. The maximum Gasteiger partial charge on any atom is 0.222 e. The van der Waals surface area contributed by atoms with Crippen LogP contribution < -0.4 is 4.90 Å². The van der Waals surface area contributed by atoms with E-state index in [9.17, 15) is 4.79 Å². The maximum absolute atomic E-state index is 12.4. The molecule has 5 heteroatoms. The first-order valence-electron chi connectivity index (χ1n) is 10.1. The molecule has 1 atom stereocenters. The average molecular weight is 393 g/mol. The molecule has 3 nitrogen and oxygen atoms in total. The Morgan fingerprint density at radius 2 is 1.92 bits per heavy atom. The number of amides is 1. The van der Waals surface area contributed by atoms with Crippen LogP contribution >= 0.6 is 21.6 Å². The molecule has 2 saturated heterocycles. The molecule has 2 fully saturated rings. The lowest BCUT2D eigenvalue weighted by molar-refractivity contribution is -0.130. The molecule has 0 spiro atoms. The van der Waals surface area contributed by atoms with Gasteiger partial charge in [-0.15, -0.1) is 0 Å². The Bertz CT molecular complexity index is 552. The number of piperidine rings is 1. The molecule has 0 aromatic heterocycles. The summed E-state index contributed by atoms with van der Waals surface area (Å²) >= 11 is 0. The van der Waals surface area contributed by atoms with Crippen LogP contribution in [0.5, 0.6) is 0 Å². The lowest BCUT2D eigenvalue weighted by atomic mass is 10.1. The standard InChI is InChI=1S/C21H32N2OS2/c1-22(21(24)8-4-3-7-20-13-16-25-26-20)17-18-9-11-19(12-10-18)23-14-5-2-6-15-23/h9-12,20H,2-8,13-17H2,1H3. The predicted octanol–water partition coefficient (Wildman–Crippen LogP) is 5.35. The lowest BCUT2D eigenvalue weighted by Crippen LogP contribution is -2.29. The molecule has 0 N–H and O–H groups in total. The van der Waals surface area contributed by atoms with Crippen molar-refractivity contribution in [3.63, 3.8) is 0 Å². The highest BCUT2D eigenvalue weighted by Gasteiger charge is 2.16. The first-order chi connectivity index (χ1) is 12.7. The summed E-state index contributed by atoms with van der Waals surface area (Å²) in [6, 6.07) is 8.80. The highest BCUT2D eigenvalue weighted by molar-refractivity contribution is 8.77. The van der Waals surface area contributed by atoms with E-state index in [4.69, 9.17) is 0 Å². The number of benzene rings is 1. The fourth-order valence-corrected chi connectivity index (χ4v) is 6.76. The minimum atomic E-state index is 0.276. The maximum atomic E-state index is 12.4. The molecule has 2 aliphatic heterocycles. The molecular weight excluding hydrogens is 360 g/mol. The Kier molecular flexibility index (Phi) is 8.06. The van der Waals surface area contributed by atoms with E-state index in [0.717, 1.165) is 11.7 Å². The van der Waals surface area contributed by atoms with E-state index in [1.807, 2.05) is 33.5 Å². The Morgan fingerprint density at radius 3 is 2.62 bits per heavy atom. The molecular formula is C21H32N2OS2. The van der Waals surface area contributed by atoms with Crippen molar-refractivity contribution in [2.45, 2.75) is 63.2 Å². The molecule has 0 bridgehead atoms. The van der Waals surface area contributed by atoms with Crippen molar-refractivity contribution in [1.82, 2.24) is 4.90 Å². The summed E-state index contributed by atoms with van der Waals surface area (Å²) in [5.41, 5.74) is 2.55. The third-order valence-corrected chi connectivity index (χ3v) is 8.40. The van der Waals surface area contributed by atoms with Crippen LogP contribution in [0.15, 0.2) is 24.3 Å². The summed E-state index contributed by atoms with van der Waals surface area (Å²) in [4.78, 5) is 16.7. The molecule has 0 saturated carbocycles. The van der Waals surface area contributed by atoms with Crippen LogP contribution in [0.3, 0.4) is 0 Å². The summed E-state index contributed by atoms with van der Waals surface area (Å²) in [5, 5.41) is 0.825. The zero-order valence-electron chi connectivity index (χ0n) is 16.0. The number of nitrogens with zero attached hydrogens (tertiary/aromatic N) is 2. The number of rotatable bonds is 8. The third kappa shape index (κ3) is 6.12. The molecule has 1 unspecified atom stereocenters. The van der Waals surface area contributed by atoms with Crippen LogP contribution in [-0.4, -0.2) is 41.9 Å². The van der Waals surface area contributed by atoms with Crippen molar-refractivity contribution in [1.29, 1.82) is 0 Å². The first kappa shape index (κ1) is 19.9. The molecule has 0 radical (unpaired) electrons. The van der Waals surface area contributed by atoms with Gasteiger partial charge in [-0.2, -0.15) is 0 Å². The minimum absolute atomic E-state index is 0.276. The van der Waals surface area contributed by atoms with E-state index < -0.39 is 0 Å². The second-order valence-electron chi connectivity index (χ2n) is 7.54. The molecule has 1 aromatic rings. The van der Waals surface area contributed by atoms with Crippen molar-refractivity contribution < 1.29 is 4.79 Å². The summed E-state index contributed by atoms with van der Waals surface area (Å²) in [6.07, 6.45) is 9.48. The zero-order chi connectivity index (χ0) is 18.2. The van der Waals surface area contributed by atoms with Gasteiger partial charge in [-0.3, -0.25) is 4.79 Å². The lowest BCUT2D eigenvalue weighted by Gasteiger charge is -2.29. The highest BCUT2D eigenvalue weighted by atomic mass is 33.1. The van der Waals surface area contributed by atoms with Gasteiger partial charge in [-0.05, 0) is 56.2 Å². The highest BCUT2D eigenvalue weighted by Crippen LogP contribution is 2.39. The minimum Gasteiger partial charge on any atom is -0.372 e. The van der Waals surface area contributed by atoms with Gasteiger partial charge in [-0.25, -0.2) is 0 Å². The van der Waals surface area contributed by atoms with E-state index >= 15 is 0 Å². The van der Waals surface area contributed by atoms with E-state index in [-0.39, 0.29) is 5.91 Å². The molecule has 26 heavy (non-hydrogen) atoms. The van der Waals surface area contributed by atoms with Gasteiger partial charge < -0.3 is 9.80 Å². The Labute approximate surface area is 166 Å². The summed E-state index contributed by atoms with van der Waals surface area (Å²) < 4.78 is 0. The van der Waals surface area contributed by atoms with Gasteiger partial charge in [0.1, 0.15) is 0 Å². The van der Waals surface area contributed by atoms with Gasteiger partial charge in [0, 0.05) is 49.8 Å². The first-order valence-corrected chi connectivity index (χ1v) is 12.5. The monoisotopic (exact) mass is 392 g/mol. The van der Waals surface area contributed by atoms with Crippen LogP contribution in [0.25, 0.3) is 0 Å². The summed E-state index contributed by atoms with van der Waals surface area (Å²) in [7, 11) is 5.97. The van der Waals surface area contributed by atoms with Crippen molar-refractivity contribution >= 4 is 33.2 Å². The molecule has 1 amide bonds. The van der Waals surface area contributed by atoms with Crippen LogP contribution in [-0.2, 0) is 11.3 Å². The number of unbranched alkanes of at least 4 members (excludes halogenated alkanes) is 1. The van der Waals surface area contributed by atoms with Gasteiger partial charge in [0.25, 0.3) is 0 Å². The normalized spacial score (nSPS) is 20.3. The van der Waals surface area contributed by atoms with Crippen LogP contribution in [0.4, 0.5) is 5.69 Å². The van der Waals surface area contributed by atoms with E-state index in [2.05, 4.69) is 29.2 Å². The predicted molar refractivity (Wildman–Crippen MR) is 116 cm³/mol. The van der Waals surface area contributed by atoms with E-state index in [0.29, 0.717) is 13.0 Å². The number of hydrogen-bond acceptors (Lipinski definition) is 4. The summed E-state index contributed by atoms with van der Waals surface area (Å²) in [5.74, 6) is 1.58. The average Bonchev–Trinajstić information content (AvgIpc) is 3.20. The van der Waals surface area contributed by atoms with Crippen molar-refractivity contribution in [2.24, 2.45) is 0 Å². The molecule has 2 heterocycles. The van der Waals surface area contributed by atoms with Gasteiger partial charge in [-0.1, -0.05) is 40.1 Å². The van der Waals surface area contributed by atoms with Crippen molar-refractivity contribution in [3.05, 3.63) is 29.8 Å². The number of carbonyl (C=O) groups is 1. The number of anilines is 1. The van der Waals surface area contributed by atoms with Gasteiger partial charge in [0.15, 0.2) is 0 Å². The number of carbonyl (C=O) groups excluding carboxylic acids is 1. The smallest absolute Gasteiger partial charge is 0.222 e. The number of hydrogen-bond donors (Lipinski definition) is 0. The van der Waals surface area contributed by atoms with Crippen molar-refractivity contribution in [3.8, 4) is 0 Å². The van der Waals surface area contributed by atoms with Crippen LogP contribution in [0.2, 0.25) is 0 Å². The van der Waals surface area contributed by atoms with E-state index in [1.54, 1.807) is 0 Å². The molecule has 0 aliphatic carbocycles. The fourth-order valence-electron chi connectivity index (χ4n) is 3.73. The topological polar surface area (TPSA) is 23.6 Å². The van der Waals surface area contributed by atoms with Gasteiger partial charge in [0.2, 0.25) is 5.91 Å². The van der Waals surface area contributed by atoms with Crippen LogP contribution in [0.1, 0.15) is 56.9 Å². The SMILES string of the molecule is CN(Cc1ccc(N2CCCCC2)cc1)C(=O)CCCCC1CCSS1. The Hall–Kier alpha value is -0.810. The quantitative estimate of drug-likeness (QED) is 0.439. The molecule has 2 aliphatic rings. The molecule has 1 aromatic carbocycles. The largest absolute Gasteiger partial charge is 0.372 e. The third-order valence-electron chi connectivity index (χ3n) is 5.40. The Morgan fingerprint density at radius 1 is 1.15 bits per heavy atom.